The smallest absolute Gasteiger partial charge is 0.00317 e. The molecule has 0 radical (unpaired) electrons. The molecule has 0 aliphatic rings. The van der Waals surface area contributed by atoms with E-state index < -0.39 is 0 Å². The molecular weight excluding hydrogens is 166 g/mol. The Hall–Kier alpha value is 0.440. The number of rotatable bonds is 4. The fourth-order valence-corrected chi connectivity index (χ4v) is 0.919. The van der Waals surface area contributed by atoms with Gasteiger partial charge in [0.25, 0.3) is 0 Å². The zero-order valence-electron chi connectivity index (χ0n) is 5.65. The van der Waals surface area contributed by atoms with Crippen molar-refractivity contribution < 1.29 is 0 Å². The first-order valence-electron chi connectivity index (χ1n) is 2.98. The summed E-state index contributed by atoms with van der Waals surface area (Å²) in [4.78, 5) is 2.21. The summed E-state index contributed by atoms with van der Waals surface area (Å²) in [5, 5.41) is 1.14. The van der Waals surface area contributed by atoms with Crippen molar-refractivity contribution in [2.24, 2.45) is 0 Å². The van der Waals surface area contributed by atoms with Crippen molar-refractivity contribution in [1.29, 1.82) is 0 Å². The zero-order chi connectivity index (χ0) is 6.41. The van der Waals surface area contributed by atoms with Gasteiger partial charge >= 0.3 is 0 Å². The minimum absolute atomic E-state index is 1.14. The molecular formula is C6H14BrN. The van der Waals surface area contributed by atoms with Gasteiger partial charge in [-0.15, -0.1) is 0 Å². The number of halogens is 1. The van der Waals surface area contributed by atoms with Crippen LogP contribution in [-0.4, -0.2) is 30.9 Å². The summed E-state index contributed by atoms with van der Waals surface area (Å²) in [5.74, 6) is 0. The molecule has 0 heterocycles. The van der Waals surface area contributed by atoms with Crippen molar-refractivity contribution in [3.8, 4) is 0 Å². The van der Waals surface area contributed by atoms with E-state index in [2.05, 4.69) is 34.9 Å². The van der Waals surface area contributed by atoms with Crippen LogP contribution < -0.4 is 0 Å². The summed E-state index contributed by atoms with van der Waals surface area (Å²) < 4.78 is 0. The second-order valence-electron chi connectivity index (χ2n) is 2.20. The monoisotopic (exact) mass is 179 g/mol. The van der Waals surface area contributed by atoms with Crippen LogP contribution in [0.2, 0.25) is 0 Å². The van der Waals surface area contributed by atoms with Gasteiger partial charge in [0.05, 0.1) is 0 Å². The molecule has 0 amide bonds. The summed E-state index contributed by atoms with van der Waals surface area (Å²) in [5.41, 5.74) is 0. The van der Waals surface area contributed by atoms with Crippen LogP contribution in [0.3, 0.4) is 0 Å². The Morgan fingerprint density at radius 2 is 1.88 bits per heavy atom. The third-order valence-corrected chi connectivity index (χ3v) is 1.55. The molecule has 8 heavy (non-hydrogen) atoms. The highest BCUT2D eigenvalue weighted by Gasteiger charge is 1.87. The van der Waals surface area contributed by atoms with Crippen molar-refractivity contribution in [3.63, 3.8) is 0 Å². The summed E-state index contributed by atoms with van der Waals surface area (Å²) in [7, 11) is 4.21. The second kappa shape index (κ2) is 5.57. The first kappa shape index (κ1) is 8.44. The summed E-state index contributed by atoms with van der Waals surface area (Å²) in [6.45, 7) is 1.21. The maximum absolute atomic E-state index is 3.38. The molecule has 0 unspecified atom stereocenters. The predicted octanol–water partition coefficient (Wildman–Crippen LogP) is 1.72. The Morgan fingerprint density at radius 1 is 1.25 bits per heavy atom. The lowest BCUT2D eigenvalue weighted by Crippen LogP contribution is -2.12. The molecule has 0 aliphatic heterocycles. The van der Waals surface area contributed by atoms with Crippen molar-refractivity contribution in [3.05, 3.63) is 0 Å². The van der Waals surface area contributed by atoms with Gasteiger partial charge in [-0.1, -0.05) is 15.9 Å². The van der Waals surface area contributed by atoms with Gasteiger partial charge in [0.15, 0.2) is 0 Å². The standard InChI is InChI=1S/C6H14BrN/c1-8(2)6-4-3-5-7/h3-6H2,1-2H3. The molecule has 0 spiro atoms. The maximum Gasteiger partial charge on any atom is 0.00317 e. The van der Waals surface area contributed by atoms with E-state index in [0.717, 1.165) is 5.33 Å². The van der Waals surface area contributed by atoms with Crippen LogP contribution >= 0.6 is 15.9 Å². The number of unbranched alkanes of at least 4 members (excludes halogenated alkanes) is 1. The molecule has 0 saturated heterocycles. The Bertz CT molecular complexity index is 45.8. The molecule has 0 aromatic rings. The number of hydrogen-bond donors (Lipinski definition) is 0. The van der Waals surface area contributed by atoms with E-state index in [9.17, 15) is 0 Å². The number of hydrogen-bond acceptors (Lipinski definition) is 1. The van der Waals surface area contributed by atoms with E-state index in [1.54, 1.807) is 0 Å². The highest BCUT2D eigenvalue weighted by molar-refractivity contribution is 9.09. The van der Waals surface area contributed by atoms with E-state index in [1.807, 2.05) is 0 Å². The van der Waals surface area contributed by atoms with E-state index >= 15 is 0 Å². The second-order valence-corrected chi connectivity index (χ2v) is 2.99. The number of nitrogens with zero attached hydrogens (tertiary/aromatic N) is 1. The van der Waals surface area contributed by atoms with Crippen LogP contribution in [0.1, 0.15) is 12.8 Å². The first-order valence-corrected chi connectivity index (χ1v) is 4.10. The van der Waals surface area contributed by atoms with E-state index in [-0.39, 0.29) is 0 Å². The lowest BCUT2D eigenvalue weighted by molar-refractivity contribution is 0.399. The molecule has 0 aromatic carbocycles. The van der Waals surface area contributed by atoms with E-state index in [1.165, 1.54) is 19.4 Å². The Morgan fingerprint density at radius 3 is 2.25 bits per heavy atom. The van der Waals surface area contributed by atoms with Gasteiger partial charge in [0.2, 0.25) is 0 Å². The summed E-state index contributed by atoms with van der Waals surface area (Å²) >= 11 is 3.38. The van der Waals surface area contributed by atoms with Crippen LogP contribution in [0.4, 0.5) is 0 Å². The fourth-order valence-electron chi connectivity index (χ4n) is 0.523. The zero-order valence-corrected chi connectivity index (χ0v) is 7.24. The minimum atomic E-state index is 1.14. The van der Waals surface area contributed by atoms with Crippen molar-refractivity contribution in [2.75, 3.05) is 26.0 Å². The average Bonchev–Trinajstić information content (AvgIpc) is 1.66. The van der Waals surface area contributed by atoms with Gasteiger partial charge in [0, 0.05) is 5.33 Å². The third-order valence-electron chi connectivity index (χ3n) is 0.989. The topological polar surface area (TPSA) is 3.24 Å². The Kier molecular flexibility index (Phi) is 5.88. The van der Waals surface area contributed by atoms with Gasteiger partial charge in [-0.25, -0.2) is 0 Å². The van der Waals surface area contributed by atoms with E-state index in [4.69, 9.17) is 0 Å². The molecule has 1 nitrogen and oxygen atoms in total. The summed E-state index contributed by atoms with van der Waals surface area (Å²) in [6, 6.07) is 0. The van der Waals surface area contributed by atoms with Crippen molar-refractivity contribution >= 4 is 15.9 Å². The molecule has 50 valence electrons. The van der Waals surface area contributed by atoms with Gasteiger partial charge < -0.3 is 4.90 Å². The molecule has 0 fully saturated rings. The lowest BCUT2D eigenvalue weighted by atomic mass is 10.3. The van der Waals surface area contributed by atoms with Gasteiger partial charge in [-0.05, 0) is 33.5 Å². The highest BCUT2D eigenvalue weighted by Crippen LogP contribution is 1.93. The molecule has 0 atom stereocenters. The molecule has 0 bridgehead atoms. The maximum atomic E-state index is 3.38. The third kappa shape index (κ3) is 6.44. The van der Waals surface area contributed by atoms with Crippen molar-refractivity contribution in [2.45, 2.75) is 12.8 Å². The van der Waals surface area contributed by atoms with Crippen molar-refractivity contribution in [1.82, 2.24) is 4.90 Å². The quantitative estimate of drug-likeness (QED) is 0.470. The Labute approximate surface area is 60.2 Å². The minimum Gasteiger partial charge on any atom is -0.309 e. The van der Waals surface area contributed by atoms with Gasteiger partial charge in [0.1, 0.15) is 0 Å². The molecule has 0 aromatic heterocycles. The van der Waals surface area contributed by atoms with E-state index in [0.29, 0.717) is 0 Å². The normalized spacial score (nSPS) is 10.5. The predicted molar refractivity (Wildman–Crippen MR) is 41.6 cm³/mol. The number of alkyl halides is 1. The van der Waals surface area contributed by atoms with Crippen LogP contribution in [0, 0.1) is 0 Å². The molecule has 0 rings (SSSR count). The summed E-state index contributed by atoms with van der Waals surface area (Å²) in [6.07, 6.45) is 2.59. The lowest BCUT2D eigenvalue weighted by Gasteiger charge is -2.06. The molecule has 0 N–H and O–H groups in total. The van der Waals surface area contributed by atoms with Crippen LogP contribution in [0.5, 0.6) is 0 Å². The average molecular weight is 180 g/mol. The fraction of sp³-hybridized carbons (Fsp3) is 1.00. The Balaban J connectivity index is 2.72. The molecule has 0 aliphatic carbocycles. The highest BCUT2D eigenvalue weighted by atomic mass is 79.9. The first-order chi connectivity index (χ1) is 3.77. The SMILES string of the molecule is CN(C)CCCCBr. The van der Waals surface area contributed by atoms with Gasteiger partial charge in [-0.3, -0.25) is 0 Å². The van der Waals surface area contributed by atoms with Crippen LogP contribution in [-0.2, 0) is 0 Å². The largest absolute Gasteiger partial charge is 0.309 e. The molecule has 0 saturated carbocycles. The van der Waals surface area contributed by atoms with Crippen LogP contribution in [0.15, 0.2) is 0 Å². The van der Waals surface area contributed by atoms with Crippen LogP contribution in [0.25, 0.3) is 0 Å². The molecule has 2 heteroatoms. The van der Waals surface area contributed by atoms with Gasteiger partial charge in [-0.2, -0.15) is 0 Å².